The first kappa shape index (κ1) is 7.97. The fourth-order valence-electron chi connectivity index (χ4n) is 0.380. The Balaban J connectivity index is 3.02. The molecule has 0 spiro atoms. The smallest absolute Gasteiger partial charge is 0.255 e. The average molecular weight is 269 g/mol. The van der Waals surface area contributed by atoms with E-state index in [0.717, 1.165) is 2.90 Å². The first-order valence-corrected chi connectivity index (χ1v) is 3.22. The number of carbonyl (C=O) groups excluding carboxylic acids is 1. The topological polar surface area (TPSA) is 104 Å². The molecular weight excluding hydrogens is 269 g/mol. The van der Waals surface area contributed by atoms with Crippen molar-refractivity contribution in [1.82, 2.24) is 18.4 Å². The molecule has 1 aromatic rings. The van der Waals surface area contributed by atoms with E-state index in [1.807, 2.05) is 0 Å². The van der Waals surface area contributed by atoms with E-state index in [1.54, 1.807) is 22.9 Å². The standard InChI is InChI=1S/C2IN5O3/c3-7-1(4-5-6-7)2(9)8(10)11. The summed E-state index contributed by atoms with van der Waals surface area (Å²) in [6.07, 6.45) is 0. The van der Waals surface area contributed by atoms with Gasteiger partial charge in [-0.15, -0.1) is 0 Å². The maximum absolute atomic E-state index is 10.6. The van der Waals surface area contributed by atoms with E-state index in [1.165, 1.54) is 0 Å². The molecule has 0 radical (unpaired) electrons. The molecule has 0 fully saturated rings. The maximum Gasteiger partial charge on any atom is 0.516 e. The third kappa shape index (κ3) is 1.47. The lowest BCUT2D eigenvalue weighted by Gasteiger charge is -1.84. The molecule has 0 bridgehead atoms. The molecule has 0 saturated carbocycles. The summed E-state index contributed by atoms with van der Waals surface area (Å²) in [5.41, 5.74) is 0. The molecule has 0 N–H and O–H groups in total. The van der Waals surface area contributed by atoms with Gasteiger partial charge in [-0.05, 0) is 10.4 Å². The second-order valence-corrected chi connectivity index (χ2v) is 2.34. The molecule has 9 heteroatoms. The van der Waals surface area contributed by atoms with Gasteiger partial charge in [0.25, 0.3) is 0 Å². The molecule has 1 amide bonds. The van der Waals surface area contributed by atoms with E-state index < -0.39 is 16.7 Å². The van der Waals surface area contributed by atoms with Gasteiger partial charge in [0.2, 0.25) is 0 Å². The second kappa shape index (κ2) is 2.86. The van der Waals surface area contributed by atoms with Crippen LogP contribution >= 0.6 is 22.9 Å². The molecule has 1 aromatic heterocycles. The Morgan fingerprint density at radius 3 is 2.73 bits per heavy atom. The Bertz CT molecular complexity index is 306. The molecule has 0 aliphatic carbocycles. The Morgan fingerprint density at radius 1 is 1.73 bits per heavy atom. The van der Waals surface area contributed by atoms with Crippen LogP contribution in [0, 0.1) is 10.1 Å². The number of hydrogen-bond donors (Lipinski definition) is 0. The first-order valence-electron chi connectivity index (χ1n) is 2.26. The van der Waals surface area contributed by atoms with Gasteiger partial charge in [-0.2, -0.15) is 2.90 Å². The number of carbonyl (C=O) groups is 1. The molecule has 0 aliphatic heterocycles. The number of halogens is 1. The summed E-state index contributed by atoms with van der Waals surface area (Å²) >= 11 is 1.56. The van der Waals surface area contributed by atoms with Gasteiger partial charge >= 0.3 is 11.7 Å². The highest BCUT2D eigenvalue weighted by atomic mass is 127. The molecular formula is C2IN5O3. The number of tetrazole rings is 1. The van der Waals surface area contributed by atoms with Crippen LogP contribution in [0.3, 0.4) is 0 Å². The van der Waals surface area contributed by atoms with E-state index in [2.05, 4.69) is 15.5 Å². The van der Waals surface area contributed by atoms with Crippen molar-refractivity contribution in [3.63, 3.8) is 0 Å². The average Bonchev–Trinajstić information content (AvgIpc) is 2.33. The number of aromatic nitrogens is 4. The third-order valence-electron chi connectivity index (χ3n) is 0.790. The Morgan fingerprint density at radius 2 is 2.36 bits per heavy atom. The fraction of sp³-hybridized carbons (Fsp3) is 0. The zero-order valence-corrected chi connectivity index (χ0v) is 7.00. The van der Waals surface area contributed by atoms with Crippen molar-refractivity contribution in [3.05, 3.63) is 15.9 Å². The lowest BCUT2D eigenvalue weighted by atomic mass is 10.6. The Labute approximate surface area is 73.2 Å². The van der Waals surface area contributed by atoms with Gasteiger partial charge < -0.3 is 0 Å². The summed E-state index contributed by atoms with van der Waals surface area (Å²) in [5, 5.41) is 19.3. The van der Waals surface area contributed by atoms with Crippen LogP contribution in [0.1, 0.15) is 10.6 Å². The van der Waals surface area contributed by atoms with Gasteiger partial charge in [0.1, 0.15) is 4.92 Å². The number of amides is 1. The largest absolute Gasteiger partial charge is 0.516 e. The molecule has 0 aromatic carbocycles. The molecule has 0 aliphatic rings. The Hall–Kier alpha value is -1.13. The van der Waals surface area contributed by atoms with Gasteiger partial charge in [0, 0.05) is 0 Å². The quantitative estimate of drug-likeness (QED) is 0.379. The predicted octanol–water partition coefficient (Wildman–Crippen LogP) is -0.712. The lowest BCUT2D eigenvalue weighted by Crippen LogP contribution is -2.15. The molecule has 58 valence electrons. The highest BCUT2D eigenvalue weighted by Gasteiger charge is 2.25. The lowest BCUT2D eigenvalue weighted by molar-refractivity contribution is -0.375. The van der Waals surface area contributed by atoms with Crippen molar-refractivity contribution in [2.75, 3.05) is 0 Å². The minimum Gasteiger partial charge on any atom is -0.255 e. The van der Waals surface area contributed by atoms with E-state index in [9.17, 15) is 14.9 Å². The van der Waals surface area contributed by atoms with E-state index in [0.29, 0.717) is 0 Å². The van der Waals surface area contributed by atoms with Crippen molar-refractivity contribution in [2.45, 2.75) is 0 Å². The van der Waals surface area contributed by atoms with Crippen LogP contribution < -0.4 is 0 Å². The highest BCUT2D eigenvalue weighted by Crippen LogP contribution is 1.97. The van der Waals surface area contributed by atoms with Crippen molar-refractivity contribution < 1.29 is 9.72 Å². The fourth-order valence-corrected chi connectivity index (χ4v) is 0.769. The van der Waals surface area contributed by atoms with Crippen molar-refractivity contribution in [1.29, 1.82) is 0 Å². The summed E-state index contributed by atoms with van der Waals surface area (Å²) in [6, 6.07) is 0. The van der Waals surface area contributed by atoms with Crippen molar-refractivity contribution >= 4 is 28.8 Å². The summed E-state index contributed by atoms with van der Waals surface area (Å²) in [7, 11) is 0. The number of rotatable bonds is 1. The van der Waals surface area contributed by atoms with E-state index in [-0.39, 0.29) is 0 Å². The first-order chi connectivity index (χ1) is 5.13. The van der Waals surface area contributed by atoms with Crippen LogP contribution in [0.4, 0.5) is 0 Å². The minimum atomic E-state index is -1.32. The van der Waals surface area contributed by atoms with Gasteiger partial charge in [-0.1, -0.05) is 5.10 Å². The predicted molar refractivity (Wildman–Crippen MR) is 38.6 cm³/mol. The molecule has 0 atom stereocenters. The third-order valence-corrected chi connectivity index (χ3v) is 1.44. The monoisotopic (exact) mass is 269 g/mol. The molecule has 8 nitrogen and oxygen atoms in total. The van der Waals surface area contributed by atoms with Crippen LogP contribution in [-0.2, 0) is 0 Å². The molecule has 1 rings (SSSR count). The van der Waals surface area contributed by atoms with Gasteiger partial charge in [0.05, 0.1) is 22.9 Å². The summed E-state index contributed by atoms with van der Waals surface area (Å²) in [4.78, 5) is 19.4. The van der Waals surface area contributed by atoms with Gasteiger partial charge in [0.15, 0.2) is 0 Å². The zero-order chi connectivity index (χ0) is 8.43. The molecule has 11 heavy (non-hydrogen) atoms. The second-order valence-electron chi connectivity index (χ2n) is 1.42. The SMILES string of the molecule is O=C(c1nnnn1I)[N+](=O)[O-]. The molecule has 1 heterocycles. The number of hydrogen-bond acceptors (Lipinski definition) is 6. The zero-order valence-electron chi connectivity index (χ0n) is 4.84. The van der Waals surface area contributed by atoms with Crippen LogP contribution in [0.25, 0.3) is 0 Å². The summed E-state index contributed by atoms with van der Waals surface area (Å²) in [6.45, 7) is 0. The summed E-state index contributed by atoms with van der Waals surface area (Å²) in [5.74, 6) is -1.71. The normalized spacial score (nSPS) is 9.55. The van der Waals surface area contributed by atoms with Gasteiger partial charge in [-0.3, -0.25) is 10.1 Å². The maximum atomic E-state index is 10.6. The van der Waals surface area contributed by atoms with Crippen molar-refractivity contribution in [3.8, 4) is 0 Å². The van der Waals surface area contributed by atoms with E-state index in [4.69, 9.17) is 0 Å². The number of nitro groups is 1. The highest BCUT2D eigenvalue weighted by molar-refractivity contribution is 14.1. The van der Waals surface area contributed by atoms with Crippen LogP contribution in [0.15, 0.2) is 0 Å². The molecule has 0 unspecified atom stereocenters. The van der Waals surface area contributed by atoms with Crippen LogP contribution in [0.2, 0.25) is 0 Å². The van der Waals surface area contributed by atoms with Gasteiger partial charge in [-0.25, -0.2) is 4.79 Å². The van der Waals surface area contributed by atoms with Crippen LogP contribution in [-0.4, -0.2) is 29.3 Å². The van der Waals surface area contributed by atoms with Crippen LogP contribution in [0.5, 0.6) is 0 Å². The Kier molecular flexibility index (Phi) is 2.07. The minimum absolute atomic E-state index is 0.393. The van der Waals surface area contributed by atoms with Crippen molar-refractivity contribution in [2.24, 2.45) is 0 Å². The summed E-state index contributed by atoms with van der Waals surface area (Å²) < 4.78 is 0.906. The molecule has 0 saturated heterocycles. The van der Waals surface area contributed by atoms with E-state index >= 15 is 0 Å². The number of nitrogens with zero attached hydrogens (tertiary/aromatic N) is 5.